The molecule has 1 atom stereocenters. The number of carbonyl (C=O) groups excluding carboxylic acids is 1. The summed E-state index contributed by atoms with van der Waals surface area (Å²) in [5.41, 5.74) is 7.23. The molecule has 2 aliphatic rings. The molecular weight excluding hydrogens is 366 g/mol. The molecule has 0 aliphatic carbocycles. The Kier molecular flexibility index (Phi) is 3.58. The first-order chi connectivity index (χ1) is 13.1. The Morgan fingerprint density at radius 1 is 1.22 bits per heavy atom. The zero-order valence-electron chi connectivity index (χ0n) is 14.3. The number of hydrogen-bond acceptors (Lipinski definition) is 5. The highest BCUT2D eigenvalue weighted by Crippen LogP contribution is 2.46. The second kappa shape index (κ2) is 5.88. The van der Waals surface area contributed by atoms with Gasteiger partial charge in [0, 0.05) is 22.7 Å². The van der Waals surface area contributed by atoms with Crippen molar-refractivity contribution in [2.45, 2.75) is 12.3 Å². The third-order valence-corrected chi connectivity index (χ3v) is 5.30. The van der Waals surface area contributed by atoms with Crippen molar-refractivity contribution in [1.29, 1.82) is 0 Å². The fourth-order valence-electron chi connectivity index (χ4n) is 3.96. The van der Waals surface area contributed by atoms with Crippen LogP contribution in [-0.4, -0.2) is 38.7 Å². The molecule has 3 heterocycles. The molecule has 5 rings (SSSR count). The zero-order chi connectivity index (χ0) is 18.6. The van der Waals surface area contributed by atoms with Crippen molar-refractivity contribution in [2.24, 2.45) is 5.73 Å². The van der Waals surface area contributed by atoms with Crippen molar-refractivity contribution in [3.05, 3.63) is 76.3 Å². The summed E-state index contributed by atoms with van der Waals surface area (Å²) in [5, 5.41) is 4.93. The fourth-order valence-corrected chi connectivity index (χ4v) is 4.13. The van der Waals surface area contributed by atoms with Crippen LogP contribution in [0.1, 0.15) is 27.6 Å². The van der Waals surface area contributed by atoms with Gasteiger partial charge in [-0.05, 0) is 18.2 Å². The van der Waals surface area contributed by atoms with E-state index in [2.05, 4.69) is 15.0 Å². The minimum atomic E-state index is -0.795. The number of halogens is 1. The smallest absolute Gasteiger partial charge is 0.288 e. The van der Waals surface area contributed by atoms with Gasteiger partial charge in [-0.2, -0.15) is 0 Å². The van der Waals surface area contributed by atoms with Crippen molar-refractivity contribution < 1.29 is 9.53 Å². The highest BCUT2D eigenvalue weighted by Gasteiger charge is 2.49. The third-order valence-electron chi connectivity index (χ3n) is 5.06. The Morgan fingerprint density at radius 3 is 2.81 bits per heavy atom. The van der Waals surface area contributed by atoms with Crippen molar-refractivity contribution in [3.63, 3.8) is 0 Å². The summed E-state index contributed by atoms with van der Waals surface area (Å²) in [6.07, 6.45) is 0. The topological polar surface area (TPSA) is 86.3 Å². The first-order valence-electron chi connectivity index (χ1n) is 8.60. The van der Waals surface area contributed by atoms with Crippen LogP contribution in [-0.2, 0) is 17.0 Å². The largest absolute Gasteiger partial charge is 0.363 e. The maximum atomic E-state index is 11.6. The molecule has 0 saturated carbocycles. The van der Waals surface area contributed by atoms with Crippen molar-refractivity contribution in [1.82, 2.24) is 19.7 Å². The summed E-state index contributed by atoms with van der Waals surface area (Å²) in [7, 11) is 0. The van der Waals surface area contributed by atoms with Gasteiger partial charge in [0.2, 0.25) is 5.82 Å². The van der Waals surface area contributed by atoms with Crippen molar-refractivity contribution in [2.75, 3.05) is 13.2 Å². The molecule has 7 nitrogen and oxygen atoms in total. The van der Waals surface area contributed by atoms with E-state index in [1.165, 1.54) is 0 Å². The number of nitrogens with two attached hydrogens (primary N) is 1. The molecule has 0 radical (unpaired) electrons. The van der Waals surface area contributed by atoms with E-state index in [0.717, 1.165) is 16.8 Å². The molecule has 1 unspecified atom stereocenters. The molecule has 0 bridgehead atoms. The van der Waals surface area contributed by atoms with E-state index in [0.29, 0.717) is 30.5 Å². The number of ether oxygens (including phenoxy) is 1. The quantitative estimate of drug-likeness (QED) is 0.734. The van der Waals surface area contributed by atoms with E-state index in [1.807, 2.05) is 42.5 Å². The van der Waals surface area contributed by atoms with Gasteiger partial charge in [0.15, 0.2) is 5.72 Å². The molecule has 2 aliphatic heterocycles. The first kappa shape index (κ1) is 16.4. The number of nitrogens with zero attached hydrogens (tertiary/aromatic N) is 4. The second-order valence-corrected chi connectivity index (χ2v) is 7.01. The van der Waals surface area contributed by atoms with Crippen molar-refractivity contribution >= 4 is 17.5 Å². The number of rotatable bonds is 2. The van der Waals surface area contributed by atoms with Crippen LogP contribution in [0.4, 0.5) is 0 Å². The molecule has 2 aromatic carbocycles. The van der Waals surface area contributed by atoms with Crippen LogP contribution >= 0.6 is 11.6 Å². The lowest BCUT2D eigenvalue weighted by molar-refractivity contribution is -0.0551. The number of amides is 1. The number of fused-ring (bicyclic) bond motifs is 5. The molecular formula is C19H16ClN5O2. The number of carbonyl (C=O) groups is 1. The Hall–Kier alpha value is -2.74. The standard InChI is InChI=1S/C19H16ClN5O2/c20-13-6-7-15-14(10-13)19(12-4-2-1-3-5-12)24(8-9-27-19)11-16-22-18(17(21)26)23-25(15)16/h1-7,10H,8-9,11H2,(H2,21,26). The normalized spacial score (nSPS) is 21.2. The predicted octanol–water partition coefficient (Wildman–Crippen LogP) is 2.07. The monoisotopic (exact) mass is 381 g/mol. The van der Waals surface area contributed by atoms with Crippen LogP contribution < -0.4 is 5.73 Å². The van der Waals surface area contributed by atoms with Crippen LogP contribution in [0.15, 0.2) is 48.5 Å². The van der Waals surface area contributed by atoms with E-state index in [1.54, 1.807) is 10.7 Å². The molecule has 1 aromatic heterocycles. The van der Waals surface area contributed by atoms with E-state index < -0.39 is 11.6 Å². The van der Waals surface area contributed by atoms with Gasteiger partial charge in [-0.3, -0.25) is 9.69 Å². The second-order valence-electron chi connectivity index (χ2n) is 6.57. The molecule has 136 valence electrons. The SMILES string of the molecule is NC(=O)c1nc2n(n1)-c1ccc(Cl)cc1C1(c3ccccc3)OCCN1C2. The maximum Gasteiger partial charge on any atom is 0.288 e. The molecule has 27 heavy (non-hydrogen) atoms. The highest BCUT2D eigenvalue weighted by molar-refractivity contribution is 6.30. The Bertz CT molecular complexity index is 1050. The van der Waals surface area contributed by atoms with Gasteiger partial charge in [0.1, 0.15) is 5.82 Å². The number of benzene rings is 2. The third kappa shape index (κ3) is 2.32. The van der Waals surface area contributed by atoms with Crippen LogP contribution in [0.3, 0.4) is 0 Å². The van der Waals surface area contributed by atoms with Crippen LogP contribution in [0.5, 0.6) is 0 Å². The van der Waals surface area contributed by atoms with E-state index in [9.17, 15) is 4.79 Å². The van der Waals surface area contributed by atoms with E-state index in [-0.39, 0.29) is 5.82 Å². The van der Waals surface area contributed by atoms with Crippen LogP contribution in [0.2, 0.25) is 5.02 Å². The fraction of sp³-hybridized carbons (Fsp3) is 0.211. The van der Waals surface area contributed by atoms with Gasteiger partial charge in [0.05, 0.1) is 18.8 Å². The zero-order valence-corrected chi connectivity index (χ0v) is 15.1. The minimum Gasteiger partial charge on any atom is -0.363 e. The van der Waals surface area contributed by atoms with Crippen LogP contribution in [0, 0.1) is 0 Å². The van der Waals surface area contributed by atoms with Gasteiger partial charge in [-0.1, -0.05) is 41.9 Å². The molecule has 8 heteroatoms. The molecule has 1 saturated heterocycles. The average Bonchev–Trinajstić information content (AvgIpc) is 3.26. The summed E-state index contributed by atoms with van der Waals surface area (Å²) in [6.45, 7) is 1.73. The van der Waals surface area contributed by atoms with Gasteiger partial charge >= 0.3 is 0 Å². The van der Waals surface area contributed by atoms with Crippen molar-refractivity contribution in [3.8, 4) is 5.69 Å². The maximum absolute atomic E-state index is 11.6. The van der Waals surface area contributed by atoms with E-state index >= 15 is 0 Å². The van der Waals surface area contributed by atoms with Crippen LogP contribution in [0.25, 0.3) is 5.69 Å². The molecule has 1 fully saturated rings. The molecule has 1 amide bonds. The van der Waals surface area contributed by atoms with Gasteiger partial charge in [-0.15, -0.1) is 5.10 Å². The van der Waals surface area contributed by atoms with Gasteiger partial charge in [-0.25, -0.2) is 9.67 Å². The van der Waals surface area contributed by atoms with E-state index in [4.69, 9.17) is 22.1 Å². The summed E-state index contributed by atoms with van der Waals surface area (Å²) in [5.74, 6) is -0.0213. The molecule has 0 spiro atoms. The lowest BCUT2D eigenvalue weighted by Crippen LogP contribution is -2.42. The summed E-state index contributed by atoms with van der Waals surface area (Å²) < 4.78 is 8.04. The Morgan fingerprint density at radius 2 is 2.04 bits per heavy atom. The summed E-state index contributed by atoms with van der Waals surface area (Å²) >= 11 is 6.36. The summed E-state index contributed by atoms with van der Waals surface area (Å²) in [4.78, 5) is 18.2. The number of aromatic nitrogens is 3. The average molecular weight is 382 g/mol. The Balaban J connectivity index is 1.83. The number of primary amides is 1. The van der Waals surface area contributed by atoms with Gasteiger partial charge in [0.25, 0.3) is 5.91 Å². The highest BCUT2D eigenvalue weighted by atomic mass is 35.5. The molecule has 3 aromatic rings. The lowest BCUT2D eigenvalue weighted by atomic mass is 9.92. The number of hydrogen-bond donors (Lipinski definition) is 1. The predicted molar refractivity (Wildman–Crippen MR) is 98.5 cm³/mol. The first-order valence-corrected chi connectivity index (χ1v) is 8.98. The molecule has 2 N–H and O–H groups in total. The minimum absolute atomic E-state index is 0.00164. The Labute approximate surface area is 160 Å². The van der Waals surface area contributed by atoms with Gasteiger partial charge < -0.3 is 10.5 Å². The summed E-state index contributed by atoms with van der Waals surface area (Å²) in [6, 6.07) is 15.6. The lowest BCUT2D eigenvalue weighted by Gasteiger charge is -2.37.